The lowest BCUT2D eigenvalue weighted by molar-refractivity contribution is 0.405. The maximum atomic E-state index is 6.26. The average molecular weight is 248 g/mol. The summed E-state index contributed by atoms with van der Waals surface area (Å²) >= 11 is 6.01. The second-order valence-electron chi connectivity index (χ2n) is 4.70. The SMILES string of the molecule is COc1cc2ccc(Cl)cc2cc1C1(N)CC1. The molecule has 0 atom stereocenters. The molecule has 1 fully saturated rings. The number of halogens is 1. The first kappa shape index (κ1) is 10.9. The molecule has 0 unspecified atom stereocenters. The quantitative estimate of drug-likeness (QED) is 0.882. The van der Waals surface area contributed by atoms with Gasteiger partial charge in [0.1, 0.15) is 5.75 Å². The third-order valence-corrected chi connectivity index (χ3v) is 3.68. The van der Waals surface area contributed by atoms with Crippen molar-refractivity contribution in [3.63, 3.8) is 0 Å². The van der Waals surface area contributed by atoms with Gasteiger partial charge in [-0.05, 0) is 47.9 Å². The molecule has 1 aliphatic carbocycles. The molecule has 0 saturated heterocycles. The van der Waals surface area contributed by atoms with E-state index in [1.807, 2.05) is 24.3 Å². The lowest BCUT2D eigenvalue weighted by Crippen LogP contribution is -2.19. The van der Waals surface area contributed by atoms with E-state index in [4.69, 9.17) is 22.1 Å². The fourth-order valence-electron chi connectivity index (χ4n) is 2.21. The Labute approximate surface area is 105 Å². The van der Waals surface area contributed by atoms with Crippen LogP contribution < -0.4 is 10.5 Å². The third-order valence-electron chi connectivity index (χ3n) is 3.45. The molecule has 0 aliphatic heterocycles. The predicted octanol–water partition coefficient (Wildman–Crippen LogP) is 3.45. The van der Waals surface area contributed by atoms with E-state index in [0.29, 0.717) is 0 Å². The summed E-state index contributed by atoms with van der Waals surface area (Å²) in [6.45, 7) is 0. The van der Waals surface area contributed by atoms with Crippen LogP contribution in [0.15, 0.2) is 30.3 Å². The van der Waals surface area contributed by atoms with E-state index in [1.165, 1.54) is 0 Å². The molecule has 0 heterocycles. The predicted molar refractivity (Wildman–Crippen MR) is 70.6 cm³/mol. The molecule has 2 aromatic carbocycles. The highest BCUT2D eigenvalue weighted by atomic mass is 35.5. The Kier molecular flexibility index (Phi) is 2.32. The van der Waals surface area contributed by atoms with Crippen LogP contribution in [0, 0.1) is 0 Å². The zero-order valence-electron chi connectivity index (χ0n) is 9.66. The molecule has 2 aromatic rings. The number of rotatable bonds is 2. The summed E-state index contributed by atoms with van der Waals surface area (Å²) in [4.78, 5) is 0. The summed E-state index contributed by atoms with van der Waals surface area (Å²) < 4.78 is 5.44. The van der Waals surface area contributed by atoms with Crippen LogP contribution in [0.4, 0.5) is 0 Å². The molecule has 1 saturated carbocycles. The fraction of sp³-hybridized carbons (Fsp3) is 0.286. The Balaban J connectivity index is 2.26. The molecule has 17 heavy (non-hydrogen) atoms. The minimum Gasteiger partial charge on any atom is -0.496 e. The van der Waals surface area contributed by atoms with Crippen LogP contribution in [0.5, 0.6) is 5.75 Å². The van der Waals surface area contributed by atoms with Crippen molar-refractivity contribution in [3.8, 4) is 5.75 Å². The van der Waals surface area contributed by atoms with E-state index >= 15 is 0 Å². The zero-order valence-corrected chi connectivity index (χ0v) is 10.4. The summed E-state index contributed by atoms with van der Waals surface area (Å²) in [6.07, 6.45) is 2.05. The molecule has 3 rings (SSSR count). The first-order valence-corrected chi connectivity index (χ1v) is 6.07. The molecule has 0 spiro atoms. The first-order chi connectivity index (χ1) is 8.12. The smallest absolute Gasteiger partial charge is 0.124 e. The standard InChI is InChI=1S/C14H14ClNO/c1-17-13-8-9-2-3-11(15)6-10(9)7-12(13)14(16)4-5-14/h2-3,6-8H,4-5,16H2,1H3. The third kappa shape index (κ3) is 1.78. The fourth-order valence-corrected chi connectivity index (χ4v) is 2.39. The van der Waals surface area contributed by atoms with Gasteiger partial charge in [-0.15, -0.1) is 0 Å². The van der Waals surface area contributed by atoms with Crippen LogP contribution in [-0.4, -0.2) is 7.11 Å². The van der Waals surface area contributed by atoms with Crippen molar-refractivity contribution in [2.75, 3.05) is 7.11 Å². The van der Waals surface area contributed by atoms with Crippen molar-refractivity contribution in [1.29, 1.82) is 0 Å². The highest BCUT2D eigenvalue weighted by molar-refractivity contribution is 6.31. The van der Waals surface area contributed by atoms with E-state index in [1.54, 1.807) is 7.11 Å². The van der Waals surface area contributed by atoms with Gasteiger partial charge >= 0.3 is 0 Å². The molecule has 3 heteroatoms. The summed E-state index contributed by atoms with van der Waals surface area (Å²) in [5.41, 5.74) is 7.16. The molecule has 1 aliphatic rings. The van der Waals surface area contributed by atoms with Crippen molar-refractivity contribution < 1.29 is 4.74 Å². The van der Waals surface area contributed by atoms with Crippen molar-refractivity contribution in [2.24, 2.45) is 5.73 Å². The topological polar surface area (TPSA) is 35.2 Å². The molecule has 2 nitrogen and oxygen atoms in total. The summed E-state index contributed by atoms with van der Waals surface area (Å²) in [7, 11) is 1.69. The first-order valence-electron chi connectivity index (χ1n) is 5.69. The minimum atomic E-state index is -0.193. The highest BCUT2D eigenvalue weighted by Crippen LogP contribution is 2.47. The van der Waals surface area contributed by atoms with Crippen molar-refractivity contribution in [2.45, 2.75) is 18.4 Å². The van der Waals surface area contributed by atoms with Gasteiger partial charge in [0.15, 0.2) is 0 Å². The molecule has 88 valence electrons. The summed E-state index contributed by atoms with van der Waals surface area (Å²) in [5, 5.41) is 2.99. The zero-order chi connectivity index (χ0) is 12.0. The van der Waals surface area contributed by atoms with Gasteiger partial charge in [-0.1, -0.05) is 17.7 Å². The van der Waals surface area contributed by atoms with Gasteiger partial charge in [-0.2, -0.15) is 0 Å². The van der Waals surface area contributed by atoms with Crippen LogP contribution in [0.25, 0.3) is 10.8 Å². The lowest BCUT2D eigenvalue weighted by Gasteiger charge is -2.15. The van der Waals surface area contributed by atoms with Gasteiger partial charge in [0.25, 0.3) is 0 Å². The minimum absolute atomic E-state index is 0.193. The van der Waals surface area contributed by atoms with Crippen LogP contribution in [-0.2, 0) is 5.54 Å². The monoisotopic (exact) mass is 247 g/mol. The largest absolute Gasteiger partial charge is 0.496 e. The lowest BCUT2D eigenvalue weighted by atomic mass is 9.99. The molecule has 0 bridgehead atoms. The molecule has 0 radical (unpaired) electrons. The number of hydrogen-bond donors (Lipinski definition) is 1. The Morgan fingerprint density at radius 3 is 2.59 bits per heavy atom. The number of ether oxygens (including phenoxy) is 1. The van der Waals surface area contributed by atoms with Gasteiger partial charge in [0.2, 0.25) is 0 Å². The number of fused-ring (bicyclic) bond motifs is 1. The summed E-state index contributed by atoms with van der Waals surface area (Å²) in [5.74, 6) is 0.875. The molecule has 2 N–H and O–H groups in total. The van der Waals surface area contributed by atoms with E-state index in [2.05, 4.69) is 6.07 Å². The van der Waals surface area contributed by atoms with Crippen molar-refractivity contribution in [3.05, 3.63) is 40.9 Å². The Morgan fingerprint density at radius 2 is 1.94 bits per heavy atom. The van der Waals surface area contributed by atoms with Crippen LogP contribution in [0.3, 0.4) is 0 Å². The second kappa shape index (κ2) is 3.62. The number of methoxy groups -OCH3 is 1. The van der Waals surface area contributed by atoms with E-state index in [-0.39, 0.29) is 5.54 Å². The Morgan fingerprint density at radius 1 is 1.18 bits per heavy atom. The highest BCUT2D eigenvalue weighted by Gasteiger charge is 2.42. The molecule has 0 amide bonds. The van der Waals surface area contributed by atoms with Crippen LogP contribution in [0.2, 0.25) is 5.02 Å². The van der Waals surface area contributed by atoms with Gasteiger partial charge in [0.05, 0.1) is 7.11 Å². The average Bonchev–Trinajstić information content (AvgIpc) is 3.07. The van der Waals surface area contributed by atoms with Crippen LogP contribution in [0.1, 0.15) is 18.4 Å². The normalized spacial score (nSPS) is 17.1. The van der Waals surface area contributed by atoms with Gasteiger partial charge < -0.3 is 10.5 Å². The van der Waals surface area contributed by atoms with Gasteiger partial charge in [-0.25, -0.2) is 0 Å². The number of benzene rings is 2. The number of hydrogen-bond acceptors (Lipinski definition) is 2. The van der Waals surface area contributed by atoms with Crippen molar-refractivity contribution in [1.82, 2.24) is 0 Å². The Bertz CT molecular complexity index is 590. The number of nitrogens with two attached hydrogens (primary N) is 1. The molecular formula is C14H14ClNO. The molecular weight excluding hydrogens is 234 g/mol. The van der Waals surface area contributed by atoms with E-state index in [0.717, 1.165) is 39.9 Å². The van der Waals surface area contributed by atoms with E-state index in [9.17, 15) is 0 Å². The molecule has 0 aromatic heterocycles. The van der Waals surface area contributed by atoms with E-state index < -0.39 is 0 Å². The van der Waals surface area contributed by atoms with Crippen LogP contribution >= 0.6 is 11.6 Å². The Hall–Kier alpha value is -1.25. The summed E-state index contributed by atoms with van der Waals surface area (Å²) in [6, 6.07) is 9.99. The maximum absolute atomic E-state index is 6.26. The van der Waals surface area contributed by atoms with Crippen molar-refractivity contribution >= 4 is 22.4 Å². The second-order valence-corrected chi connectivity index (χ2v) is 5.14. The van der Waals surface area contributed by atoms with Gasteiger partial charge in [-0.3, -0.25) is 0 Å². The van der Waals surface area contributed by atoms with Gasteiger partial charge in [0, 0.05) is 16.1 Å². The maximum Gasteiger partial charge on any atom is 0.124 e.